The number of H-pyrrole nitrogens is 1. The molecule has 126 valence electrons. The SMILES string of the molecule is COc1cccc([C@H]2CN(C(=O)c3n[nH]c4c3CCC4)C[C@@H]2N)c1. The van der Waals surface area contributed by atoms with Gasteiger partial charge in [0.15, 0.2) is 5.69 Å². The lowest BCUT2D eigenvalue weighted by Gasteiger charge is -2.16. The molecule has 0 radical (unpaired) electrons. The predicted molar refractivity (Wildman–Crippen MR) is 90.2 cm³/mol. The predicted octanol–water partition coefficient (Wildman–Crippen LogP) is 1.47. The Labute approximate surface area is 141 Å². The van der Waals surface area contributed by atoms with Gasteiger partial charge in [0.2, 0.25) is 0 Å². The van der Waals surface area contributed by atoms with Crippen LogP contribution in [0.25, 0.3) is 0 Å². The molecule has 1 amide bonds. The molecule has 2 aromatic rings. The van der Waals surface area contributed by atoms with Gasteiger partial charge in [0, 0.05) is 36.3 Å². The van der Waals surface area contributed by atoms with Gasteiger partial charge in [0.1, 0.15) is 5.75 Å². The van der Waals surface area contributed by atoms with Crippen molar-refractivity contribution in [3.05, 3.63) is 46.8 Å². The Bertz CT molecular complexity index is 770. The van der Waals surface area contributed by atoms with Crippen LogP contribution in [0.2, 0.25) is 0 Å². The fraction of sp³-hybridized carbons (Fsp3) is 0.444. The Kier molecular flexibility index (Phi) is 3.76. The first-order chi connectivity index (χ1) is 11.7. The van der Waals surface area contributed by atoms with Crippen LogP contribution in [0.1, 0.15) is 39.6 Å². The van der Waals surface area contributed by atoms with Gasteiger partial charge in [-0.3, -0.25) is 9.89 Å². The summed E-state index contributed by atoms with van der Waals surface area (Å²) < 4.78 is 5.30. The van der Waals surface area contributed by atoms with Gasteiger partial charge in [0.25, 0.3) is 5.91 Å². The van der Waals surface area contributed by atoms with Crippen molar-refractivity contribution in [1.29, 1.82) is 0 Å². The van der Waals surface area contributed by atoms with Crippen molar-refractivity contribution in [2.24, 2.45) is 5.73 Å². The van der Waals surface area contributed by atoms with E-state index in [2.05, 4.69) is 10.2 Å². The van der Waals surface area contributed by atoms with Crippen molar-refractivity contribution >= 4 is 5.91 Å². The molecule has 3 N–H and O–H groups in total. The van der Waals surface area contributed by atoms with Crippen LogP contribution in [0, 0.1) is 0 Å². The number of ether oxygens (including phenoxy) is 1. The summed E-state index contributed by atoms with van der Waals surface area (Å²) in [7, 11) is 1.65. The molecule has 0 spiro atoms. The van der Waals surface area contributed by atoms with E-state index in [1.807, 2.05) is 29.2 Å². The second-order valence-corrected chi connectivity index (χ2v) is 6.64. The van der Waals surface area contributed by atoms with Crippen molar-refractivity contribution in [3.63, 3.8) is 0 Å². The molecule has 2 heterocycles. The van der Waals surface area contributed by atoms with Crippen molar-refractivity contribution in [1.82, 2.24) is 15.1 Å². The van der Waals surface area contributed by atoms with Gasteiger partial charge in [0.05, 0.1) is 7.11 Å². The second-order valence-electron chi connectivity index (χ2n) is 6.64. The van der Waals surface area contributed by atoms with E-state index in [1.165, 1.54) is 0 Å². The largest absolute Gasteiger partial charge is 0.497 e. The van der Waals surface area contributed by atoms with E-state index in [1.54, 1.807) is 7.11 Å². The smallest absolute Gasteiger partial charge is 0.274 e. The van der Waals surface area contributed by atoms with E-state index in [-0.39, 0.29) is 17.9 Å². The standard InChI is InChI=1S/C18H22N4O2/c1-24-12-5-2-4-11(8-12)14-9-22(10-15(14)19)18(23)17-13-6-3-7-16(13)20-21-17/h2,4-5,8,14-15H,3,6-7,9-10,19H2,1H3,(H,20,21)/t14-,15+/m1/s1. The number of carbonyl (C=O) groups excluding carboxylic acids is 1. The maximum absolute atomic E-state index is 12.9. The van der Waals surface area contributed by atoms with Crippen molar-refractivity contribution in [2.75, 3.05) is 20.2 Å². The zero-order valence-corrected chi connectivity index (χ0v) is 13.8. The molecule has 1 aliphatic heterocycles. The summed E-state index contributed by atoms with van der Waals surface area (Å²) in [6.45, 7) is 1.18. The molecule has 1 aliphatic carbocycles. The Morgan fingerprint density at radius 2 is 2.25 bits per heavy atom. The average molecular weight is 326 g/mol. The highest BCUT2D eigenvalue weighted by Gasteiger charge is 2.36. The lowest BCUT2D eigenvalue weighted by Crippen LogP contribution is -2.32. The zero-order valence-electron chi connectivity index (χ0n) is 13.8. The number of aryl methyl sites for hydroxylation is 1. The monoisotopic (exact) mass is 326 g/mol. The molecule has 4 rings (SSSR count). The minimum Gasteiger partial charge on any atom is -0.497 e. The van der Waals surface area contributed by atoms with Crippen LogP contribution in [0.4, 0.5) is 0 Å². The maximum Gasteiger partial charge on any atom is 0.274 e. The number of fused-ring (bicyclic) bond motifs is 1. The van der Waals surface area contributed by atoms with Crippen molar-refractivity contribution in [3.8, 4) is 5.75 Å². The first-order valence-corrected chi connectivity index (χ1v) is 8.42. The Morgan fingerprint density at radius 1 is 1.38 bits per heavy atom. The van der Waals surface area contributed by atoms with E-state index < -0.39 is 0 Å². The van der Waals surface area contributed by atoms with Crippen LogP contribution < -0.4 is 10.5 Å². The first kappa shape index (κ1) is 15.2. The summed E-state index contributed by atoms with van der Waals surface area (Å²) in [5.41, 5.74) is 10.2. The van der Waals surface area contributed by atoms with Gasteiger partial charge in [-0.1, -0.05) is 12.1 Å². The molecule has 6 nitrogen and oxygen atoms in total. The molecule has 1 saturated heterocycles. The number of benzene rings is 1. The molecule has 24 heavy (non-hydrogen) atoms. The van der Waals surface area contributed by atoms with E-state index >= 15 is 0 Å². The highest BCUT2D eigenvalue weighted by atomic mass is 16.5. The van der Waals surface area contributed by atoms with Crippen LogP contribution in [0.5, 0.6) is 5.75 Å². The number of nitrogens with zero attached hydrogens (tertiary/aromatic N) is 2. The van der Waals surface area contributed by atoms with Gasteiger partial charge in [-0.15, -0.1) is 0 Å². The third-order valence-corrected chi connectivity index (χ3v) is 5.18. The highest BCUT2D eigenvalue weighted by Crippen LogP contribution is 2.31. The van der Waals surface area contributed by atoms with Gasteiger partial charge >= 0.3 is 0 Å². The molecule has 1 aromatic carbocycles. The molecule has 1 aromatic heterocycles. The zero-order chi connectivity index (χ0) is 16.7. The summed E-state index contributed by atoms with van der Waals surface area (Å²) in [5, 5.41) is 7.27. The first-order valence-electron chi connectivity index (χ1n) is 8.42. The van der Waals surface area contributed by atoms with Gasteiger partial charge in [-0.2, -0.15) is 5.10 Å². The van der Waals surface area contributed by atoms with E-state index in [0.29, 0.717) is 18.8 Å². The fourth-order valence-electron chi connectivity index (χ4n) is 3.87. The number of hydrogen-bond acceptors (Lipinski definition) is 4. The van der Waals surface area contributed by atoms with Crippen LogP contribution in [-0.4, -0.2) is 47.2 Å². The molecule has 2 aliphatic rings. The van der Waals surface area contributed by atoms with Crippen LogP contribution in [0.3, 0.4) is 0 Å². The lowest BCUT2D eigenvalue weighted by atomic mass is 9.95. The van der Waals surface area contributed by atoms with Crippen LogP contribution in [-0.2, 0) is 12.8 Å². The second kappa shape index (κ2) is 5.94. The summed E-state index contributed by atoms with van der Waals surface area (Å²) in [5.74, 6) is 0.931. The van der Waals surface area contributed by atoms with Crippen molar-refractivity contribution in [2.45, 2.75) is 31.2 Å². The molecule has 1 fully saturated rings. The number of nitrogens with two attached hydrogens (primary N) is 1. The number of hydrogen-bond donors (Lipinski definition) is 2. The number of rotatable bonds is 3. The number of likely N-dealkylation sites (tertiary alicyclic amines) is 1. The Hall–Kier alpha value is -2.34. The number of amides is 1. The normalized spacial score (nSPS) is 22.7. The topological polar surface area (TPSA) is 84.2 Å². The van der Waals surface area contributed by atoms with Gasteiger partial charge in [-0.25, -0.2) is 0 Å². The molecule has 0 bridgehead atoms. The minimum absolute atomic E-state index is 0.00440. The minimum atomic E-state index is -0.0759. The number of nitrogens with one attached hydrogen (secondary N) is 1. The maximum atomic E-state index is 12.9. The third-order valence-electron chi connectivity index (χ3n) is 5.18. The van der Waals surface area contributed by atoms with Crippen molar-refractivity contribution < 1.29 is 9.53 Å². The van der Waals surface area contributed by atoms with E-state index in [4.69, 9.17) is 10.5 Å². The molecular weight excluding hydrogens is 304 g/mol. The molecular formula is C18H22N4O2. The summed E-state index contributed by atoms with van der Waals surface area (Å²) >= 11 is 0. The average Bonchev–Trinajstić information content (AvgIpc) is 3.29. The summed E-state index contributed by atoms with van der Waals surface area (Å²) in [6, 6.07) is 7.86. The third kappa shape index (κ3) is 2.47. The molecule has 2 atom stereocenters. The fourth-order valence-corrected chi connectivity index (χ4v) is 3.87. The number of aromatic nitrogens is 2. The number of aromatic amines is 1. The van der Waals surface area contributed by atoms with E-state index in [9.17, 15) is 4.79 Å². The highest BCUT2D eigenvalue weighted by molar-refractivity contribution is 5.94. The summed E-state index contributed by atoms with van der Waals surface area (Å²) in [4.78, 5) is 14.7. The van der Waals surface area contributed by atoms with Crippen LogP contribution >= 0.6 is 0 Å². The Balaban J connectivity index is 1.55. The van der Waals surface area contributed by atoms with Gasteiger partial charge < -0.3 is 15.4 Å². The van der Waals surface area contributed by atoms with Crippen LogP contribution in [0.15, 0.2) is 24.3 Å². The molecule has 0 unspecified atom stereocenters. The van der Waals surface area contributed by atoms with Gasteiger partial charge in [-0.05, 0) is 37.0 Å². The molecule has 6 heteroatoms. The Morgan fingerprint density at radius 3 is 3.08 bits per heavy atom. The molecule has 0 saturated carbocycles. The quantitative estimate of drug-likeness (QED) is 0.895. The summed E-state index contributed by atoms with van der Waals surface area (Å²) in [6.07, 6.45) is 3.02. The van der Waals surface area contributed by atoms with E-state index in [0.717, 1.165) is 41.8 Å². The number of carbonyl (C=O) groups is 1. The lowest BCUT2D eigenvalue weighted by molar-refractivity contribution is 0.0782. The number of methoxy groups -OCH3 is 1.